The quantitative estimate of drug-likeness (QED) is 0.516. The molecule has 0 spiro atoms. The average Bonchev–Trinajstić information content (AvgIpc) is 2.15. The van der Waals surface area contributed by atoms with Crippen molar-refractivity contribution >= 4 is 10.2 Å². The smallest absolute Gasteiger partial charge is 0.276 e. The molecular weight excluding hydrogens is 232 g/mol. The van der Waals surface area contributed by atoms with Crippen LogP contribution in [0, 0.1) is 5.92 Å². The number of hydrogen-bond acceptors (Lipinski definition) is 4. The predicted molar refractivity (Wildman–Crippen MR) is 62.3 cm³/mol. The Morgan fingerprint density at radius 1 is 1.31 bits per heavy atom. The highest BCUT2D eigenvalue weighted by atomic mass is 32.2. The first-order chi connectivity index (χ1) is 7.37. The Morgan fingerprint density at radius 2 is 1.94 bits per heavy atom. The largest absolute Gasteiger partial charge is 0.391 e. The number of ether oxygens (including phenoxy) is 1. The van der Waals surface area contributed by atoms with Crippen LogP contribution in [0.2, 0.25) is 0 Å². The summed E-state index contributed by atoms with van der Waals surface area (Å²) in [6, 6.07) is 0. The molecule has 7 heteroatoms. The monoisotopic (exact) mass is 254 g/mol. The van der Waals surface area contributed by atoms with E-state index in [1.54, 1.807) is 0 Å². The maximum absolute atomic E-state index is 11.3. The summed E-state index contributed by atoms with van der Waals surface area (Å²) in [4.78, 5) is 0. The summed E-state index contributed by atoms with van der Waals surface area (Å²) >= 11 is 0. The molecule has 0 saturated carbocycles. The van der Waals surface area contributed by atoms with Crippen molar-refractivity contribution in [2.75, 3.05) is 26.8 Å². The Kier molecular flexibility index (Phi) is 7.86. The van der Waals surface area contributed by atoms with Crippen LogP contribution in [0.1, 0.15) is 20.3 Å². The van der Waals surface area contributed by atoms with Crippen LogP contribution in [0.15, 0.2) is 0 Å². The van der Waals surface area contributed by atoms with E-state index in [0.717, 1.165) is 0 Å². The van der Waals surface area contributed by atoms with Gasteiger partial charge in [-0.1, -0.05) is 13.8 Å². The van der Waals surface area contributed by atoms with E-state index < -0.39 is 16.3 Å². The zero-order valence-corrected chi connectivity index (χ0v) is 10.9. The van der Waals surface area contributed by atoms with E-state index in [2.05, 4.69) is 9.44 Å². The van der Waals surface area contributed by atoms with E-state index in [0.29, 0.717) is 13.0 Å². The second-order valence-corrected chi connectivity index (χ2v) is 5.62. The van der Waals surface area contributed by atoms with E-state index in [1.165, 1.54) is 7.11 Å². The molecule has 0 bridgehead atoms. The van der Waals surface area contributed by atoms with Crippen molar-refractivity contribution in [1.82, 2.24) is 9.44 Å². The molecule has 0 aliphatic heterocycles. The maximum Gasteiger partial charge on any atom is 0.276 e. The second kappa shape index (κ2) is 7.97. The normalized spacial score (nSPS) is 14.3. The summed E-state index contributed by atoms with van der Waals surface area (Å²) in [6.07, 6.45) is -0.311. The summed E-state index contributed by atoms with van der Waals surface area (Å²) in [6.45, 7) is 4.64. The lowest BCUT2D eigenvalue weighted by atomic mass is 10.2. The number of nitrogens with one attached hydrogen (secondary N) is 2. The summed E-state index contributed by atoms with van der Waals surface area (Å²) in [5.41, 5.74) is 0. The number of methoxy groups -OCH3 is 1. The van der Waals surface area contributed by atoms with Crippen LogP contribution in [0.3, 0.4) is 0 Å². The number of hydrogen-bond donors (Lipinski definition) is 3. The van der Waals surface area contributed by atoms with Crippen molar-refractivity contribution < 1.29 is 18.3 Å². The van der Waals surface area contributed by atoms with Crippen molar-refractivity contribution in [3.63, 3.8) is 0 Å². The van der Waals surface area contributed by atoms with E-state index in [9.17, 15) is 13.5 Å². The summed E-state index contributed by atoms with van der Waals surface area (Å²) in [7, 11) is -1.96. The molecule has 0 radical (unpaired) electrons. The molecular formula is C9H22N2O4S. The Balaban J connectivity index is 3.74. The average molecular weight is 254 g/mol. The Morgan fingerprint density at radius 3 is 2.44 bits per heavy atom. The summed E-state index contributed by atoms with van der Waals surface area (Å²) in [5, 5.41) is 9.28. The van der Waals surface area contributed by atoms with E-state index in [1.807, 2.05) is 13.8 Å². The number of aliphatic hydroxyl groups is 1. The third-order valence-corrected chi connectivity index (χ3v) is 2.94. The molecule has 98 valence electrons. The summed E-state index contributed by atoms with van der Waals surface area (Å²) in [5.74, 6) is 0.260. The topological polar surface area (TPSA) is 87.7 Å². The van der Waals surface area contributed by atoms with Crippen molar-refractivity contribution in [3.8, 4) is 0 Å². The first-order valence-corrected chi connectivity index (χ1v) is 6.77. The number of aliphatic hydroxyl groups excluding tert-OH is 1. The molecule has 0 aromatic heterocycles. The molecule has 1 unspecified atom stereocenters. The number of rotatable bonds is 9. The Labute approximate surface area is 97.6 Å². The molecule has 0 fully saturated rings. The van der Waals surface area contributed by atoms with Gasteiger partial charge in [0.25, 0.3) is 10.2 Å². The summed E-state index contributed by atoms with van der Waals surface area (Å²) < 4.78 is 32.2. The van der Waals surface area contributed by atoms with Crippen LogP contribution in [-0.4, -0.2) is 46.4 Å². The van der Waals surface area contributed by atoms with Crippen LogP contribution < -0.4 is 9.44 Å². The SMILES string of the molecule is COCC(O)CCNS(=O)(=O)NCC(C)C. The van der Waals surface area contributed by atoms with Gasteiger partial charge in [-0.05, 0) is 12.3 Å². The van der Waals surface area contributed by atoms with E-state index in [-0.39, 0.29) is 19.1 Å². The van der Waals surface area contributed by atoms with Crippen molar-refractivity contribution in [1.29, 1.82) is 0 Å². The first kappa shape index (κ1) is 15.8. The molecule has 0 aromatic rings. The van der Waals surface area contributed by atoms with Gasteiger partial charge in [-0.3, -0.25) is 0 Å². The third kappa shape index (κ3) is 9.05. The predicted octanol–water partition coefficient (Wildman–Crippen LogP) is -0.536. The van der Waals surface area contributed by atoms with Gasteiger partial charge < -0.3 is 9.84 Å². The minimum Gasteiger partial charge on any atom is -0.391 e. The van der Waals surface area contributed by atoms with Crippen LogP contribution in [0.4, 0.5) is 0 Å². The van der Waals surface area contributed by atoms with Gasteiger partial charge in [0.05, 0.1) is 12.7 Å². The van der Waals surface area contributed by atoms with Gasteiger partial charge in [0.2, 0.25) is 0 Å². The second-order valence-electron chi connectivity index (χ2n) is 4.04. The molecule has 0 rings (SSSR count). The van der Waals surface area contributed by atoms with Gasteiger partial charge >= 0.3 is 0 Å². The molecule has 0 heterocycles. The van der Waals surface area contributed by atoms with E-state index in [4.69, 9.17) is 4.74 Å². The Bertz CT molecular complexity index is 267. The van der Waals surface area contributed by atoms with Gasteiger partial charge in [-0.15, -0.1) is 0 Å². The minimum atomic E-state index is -3.44. The molecule has 6 nitrogen and oxygen atoms in total. The molecule has 0 aromatic carbocycles. The van der Waals surface area contributed by atoms with Crippen LogP contribution in [-0.2, 0) is 14.9 Å². The van der Waals surface area contributed by atoms with Gasteiger partial charge in [0.15, 0.2) is 0 Å². The van der Waals surface area contributed by atoms with Crippen molar-refractivity contribution in [2.45, 2.75) is 26.4 Å². The van der Waals surface area contributed by atoms with Gasteiger partial charge in [-0.2, -0.15) is 8.42 Å². The van der Waals surface area contributed by atoms with Crippen LogP contribution in [0.25, 0.3) is 0 Å². The third-order valence-electron chi connectivity index (χ3n) is 1.81. The highest BCUT2D eigenvalue weighted by Gasteiger charge is 2.10. The highest BCUT2D eigenvalue weighted by Crippen LogP contribution is 1.92. The highest BCUT2D eigenvalue weighted by molar-refractivity contribution is 7.87. The molecule has 0 saturated heterocycles. The molecule has 3 N–H and O–H groups in total. The fraction of sp³-hybridized carbons (Fsp3) is 1.00. The molecule has 0 aliphatic carbocycles. The minimum absolute atomic E-state index is 0.192. The lowest BCUT2D eigenvalue weighted by Crippen LogP contribution is -2.39. The first-order valence-electron chi connectivity index (χ1n) is 5.28. The van der Waals surface area contributed by atoms with Crippen molar-refractivity contribution in [3.05, 3.63) is 0 Å². The van der Waals surface area contributed by atoms with Gasteiger partial charge in [0, 0.05) is 20.2 Å². The van der Waals surface area contributed by atoms with Gasteiger partial charge in [0.1, 0.15) is 0 Å². The molecule has 0 aliphatic rings. The van der Waals surface area contributed by atoms with E-state index >= 15 is 0 Å². The Hall–Kier alpha value is -0.210. The standard InChI is InChI=1S/C9H22N2O4S/c1-8(2)6-11-16(13,14)10-5-4-9(12)7-15-3/h8-12H,4-7H2,1-3H3. The molecule has 0 amide bonds. The van der Waals surface area contributed by atoms with Gasteiger partial charge in [-0.25, -0.2) is 9.44 Å². The van der Waals surface area contributed by atoms with Crippen molar-refractivity contribution in [2.24, 2.45) is 5.92 Å². The fourth-order valence-corrected chi connectivity index (χ4v) is 2.00. The lowest BCUT2D eigenvalue weighted by Gasteiger charge is -2.12. The lowest BCUT2D eigenvalue weighted by molar-refractivity contribution is 0.0603. The fourth-order valence-electron chi connectivity index (χ4n) is 0.963. The maximum atomic E-state index is 11.3. The van der Waals surface area contributed by atoms with Crippen LogP contribution in [0.5, 0.6) is 0 Å². The molecule has 1 atom stereocenters. The van der Waals surface area contributed by atoms with Crippen LogP contribution >= 0.6 is 0 Å². The molecule has 16 heavy (non-hydrogen) atoms. The zero-order valence-electron chi connectivity index (χ0n) is 10.1. The zero-order chi connectivity index (χ0) is 12.6.